The number of aromatic nitrogens is 2. The van der Waals surface area contributed by atoms with Crippen LogP contribution in [0.1, 0.15) is 18.9 Å². The van der Waals surface area contributed by atoms with E-state index in [0.717, 1.165) is 12.0 Å². The Kier molecular flexibility index (Phi) is 4.34. The van der Waals surface area contributed by atoms with Crippen LogP contribution >= 0.6 is 0 Å². The third-order valence-electron chi connectivity index (χ3n) is 2.97. The normalized spacial score (nSPS) is 10.6. The Balaban J connectivity index is 2.01. The summed E-state index contributed by atoms with van der Waals surface area (Å²) in [5.74, 6) is 0.0440. The van der Waals surface area contributed by atoms with Crippen molar-refractivity contribution in [1.29, 1.82) is 0 Å². The van der Waals surface area contributed by atoms with Crippen molar-refractivity contribution in [3.63, 3.8) is 0 Å². The molecule has 1 heterocycles. The maximum atomic E-state index is 11.9. The summed E-state index contributed by atoms with van der Waals surface area (Å²) in [4.78, 5) is 23.9. The summed E-state index contributed by atoms with van der Waals surface area (Å²) in [5.41, 5.74) is 0.872. The maximum Gasteiger partial charge on any atom is 0.328 e. The number of hydrogen-bond acceptors (Lipinski definition) is 2. The maximum absolute atomic E-state index is 11.9. The minimum Gasteiger partial charge on any atom is -0.299 e. The zero-order valence-corrected chi connectivity index (χ0v) is 11.1. The van der Waals surface area contributed by atoms with Gasteiger partial charge in [0.2, 0.25) is 0 Å². The molecule has 4 heteroatoms. The van der Waals surface area contributed by atoms with Crippen molar-refractivity contribution in [3.05, 3.63) is 58.8 Å². The lowest BCUT2D eigenvalue weighted by Gasteiger charge is -2.02. The van der Waals surface area contributed by atoms with Gasteiger partial charge in [0.25, 0.3) is 0 Å². The Morgan fingerprint density at radius 3 is 2.47 bits per heavy atom. The highest BCUT2D eigenvalue weighted by molar-refractivity contribution is 5.80. The van der Waals surface area contributed by atoms with Gasteiger partial charge in [0.1, 0.15) is 0 Å². The Bertz CT molecular complexity index is 596. The van der Waals surface area contributed by atoms with Gasteiger partial charge in [-0.3, -0.25) is 13.9 Å². The largest absolute Gasteiger partial charge is 0.328 e. The van der Waals surface area contributed by atoms with Gasteiger partial charge >= 0.3 is 5.69 Å². The van der Waals surface area contributed by atoms with E-state index >= 15 is 0 Å². The number of ketones is 1. The van der Waals surface area contributed by atoms with Crippen LogP contribution < -0.4 is 5.69 Å². The van der Waals surface area contributed by atoms with Gasteiger partial charge in [-0.05, 0) is 12.0 Å². The van der Waals surface area contributed by atoms with E-state index < -0.39 is 0 Å². The monoisotopic (exact) mass is 258 g/mol. The molecule has 0 aliphatic carbocycles. The van der Waals surface area contributed by atoms with Crippen LogP contribution in [-0.2, 0) is 24.3 Å². The average Bonchev–Trinajstić information content (AvgIpc) is 2.73. The summed E-state index contributed by atoms with van der Waals surface area (Å²) in [6.45, 7) is 2.85. The van der Waals surface area contributed by atoms with Crippen LogP contribution in [-0.4, -0.2) is 14.9 Å². The molecule has 0 N–H and O–H groups in total. The first kappa shape index (κ1) is 13.3. The molecule has 0 atom stereocenters. The number of carbonyl (C=O) groups is 1. The molecule has 0 amide bonds. The second kappa shape index (κ2) is 6.18. The summed E-state index contributed by atoms with van der Waals surface area (Å²) in [5, 5.41) is 0. The first-order chi connectivity index (χ1) is 9.20. The zero-order chi connectivity index (χ0) is 13.7. The predicted molar refractivity (Wildman–Crippen MR) is 74.1 cm³/mol. The number of benzene rings is 1. The smallest absolute Gasteiger partial charge is 0.299 e. The van der Waals surface area contributed by atoms with Crippen LogP contribution in [0.5, 0.6) is 0 Å². The predicted octanol–water partition coefficient (Wildman–Crippen LogP) is 1.87. The number of rotatable bonds is 6. The fourth-order valence-electron chi connectivity index (χ4n) is 2.05. The molecule has 0 unspecified atom stereocenters. The molecule has 0 spiro atoms. The van der Waals surface area contributed by atoms with Crippen molar-refractivity contribution in [2.45, 2.75) is 32.9 Å². The average molecular weight is 258 g/mol. The second-order valence-corrected chi connectivity index (χ2v) is 4.60. The van der Waals surface area contributed by atoms with E-state index in [4.69, 9.17) is 0 Å². The summed E-state index contributed by atoms with van der Waals surface area (Å²) in [6.07, 6.45) is 4.69. The van der Waals surface area contributed by atoms with Gasteiger partial charge in [-0.25, -0.2) is 4.79 Å². The number of hydrogen-bond donors (Lipinski definition) is 0. The van der Waals surface area contributed by atoms with Crippen LogP contribution in [0.4, 0.5) is 0 Å². The minimum atomic E-state index is -0.108. The zero-order valence-electron chi connectivity index (χ0n) is 11.1. The number of imidazole rings is 1. The van der Waals surface area contributed by atoms with Crippen LogP contribution in [0.2, 0.25) is 0 Å². The molecular formula is C15H18N2O2. The first-order valence-electron chi connectivity index (χ1n) is 6.52. The standard InChI is InChI=1S/C15H18N2O2/c1-2-8-16-9-10-17(15(16)19)12-14(18)11-13-6-4-3-5-7-13/h3-7,9-10H,2,8,11-12H2,1H3. The van der Waals surface area contributed by atoms with E-state index in [1.165, 1.54) is 4.57 Å². The van der Waals surface area contributed by atoms with E-state index in [2.05, 4.69) is 0 Å². The van der Waals surface area contributed by atoms with Gasteiger partial charge in [-0.15, -0.1) is 0 Å². The molecule has 0 saturated carbocycles. The Morgan fingerprint density at radius 2 is 1.79 bits per heavy atom. The topological polar surface area (TPSA) is 44.0 Å². The lowest BCUT2D eigenvalue weighted by atomic mass is 10.1. The fraction of sp³-hybridized carbons (Fsp3) is 0.333. The highest BCUT2D eigenvalue weighted by Gasteiger charge is 2.08. The molecule has 1 aromatic carbocycles. The lowest BCUT2D eigenvalue weighted by molar-refractivity contribution is -0.119. The Hall–Kier alpha value is -2.10. The van der Waals surface area contributed by atoms with E-state index in [1.54, 1.807) is 17.0 Å². The van der Waals surface area contributed by atoms with Crippen LogP contribution in [0.25, 0.3) is 0 Å². The molecule has 0 saturated heterocycles. The number of Topliss-reactive ketones (excluding diaryl/α,β-unsaturated/α-hetero) is 1. The van der Waals surface area contributed by atoms with Gasteiger partial charge < -0.3 is 0 Å². The molecule has 4 nitrogen and oxygen atoms in total. The number of carbonyl (C=O) groups excluding carboxylic acids is 1. The summed E-state index contributed by atoms with van der Waals surface area (Å²) >= 11 is 0. The molecule has 0 radical (unpaired) electrons. The van der Waals surface area contributed by atoms with Gasteiger partial charge in [-0.2, -0.15) is 0 Å². The highest BCUT2D eigenvalue weighted by atomic mass is 16.2. The van der Waals surface area contributed by atoms with Crippen molar-refractivity contribution in [2.24, 2.45) is 0 Å². The van der Waals surface area contributed by atoms with Gasteiger partial charge in [0.15, 0.2) is 5.78 Å². The van der Waals surface area contributed by atoms with Gasteiger partial charge in [0, 0.05) is 25.4 Å². The van der Waals surface area contributed by atoms with E-state index in [-0.39, 0.29) is 18.0 Å². The lowest BCUT2D eigenvalue weighted by Crippen LogP contribution is -2.27. The highest BCUT2D eigenvalue weighted by Crippen LogP contribution is 2.01. The van der Waals surface area contributed by atoms with E-state index in [9.17, 15) is 9.59 Å². The molecule has 19 heavy (non-hydrogen) atoms. The summed E-state index contributed by atoms with van der Waals surface area (Å²) < 4.78 is 3.11. The third-order valence-corrected chi connectivity index (χ3v) is 2.97. The van der Waals surface area contributed by atoms with Crippen molar-refractivity contribution in [1.82, 2.24) is 9.13 Å². The third kappa shape index (κ3) is 3.44. The SMILES string of the molecule is CCCn1ccn(CC(=O)Cc2ccccc2)c1=O. The Morgan fingerprint density at radius 1 is 1.11 bits per heavy atom. The molecule has 0 aliphatic rings. The van der Waals surface area contributed by atoms with Crippen LogP contribution in [0, 0.1) is 0 Å². The van der Waals surface area contributed by atoms with Gasteiger partial charge in [0.05, 0.1) is 6.54 Å². The Labute approximate surface area is 112 Å². The molecule has 100 valence electrons. The van der Waals surface area contributed by atoms with Crippen molar-refractivity contribution in [2.75, 3.05) is 0 Å². The second-order valence-electron chi connectivity index (χ2n) is 4.60. The first-order valence-corrected chi connectivity index (χ1v) is 6.52. The van der Waals surface area contributed by atoms with E-state index in [1.807, 2.05) is 37.3 Å². The molecule has 2 aromatic rings. The van der Waals surface area contributed by atoms with Crippen molar-refractivity contribution < 1.29 is 4.79 Å². The molecule has 1 aromatic heterocycles. The molecule has 0 aliphatic heterocycles. The molecule has 2 rings (SSSR count). The summed E-state index contributed by atoms with van der Waals surface area (Å²) in [7, 11) is 0. The van der Waals surface area contributed by atoms with Crippen molar-refractivity contribution in [3.8, 4) is 0 Å². The number of nitrogens with zero attached hydrogens (tertiary/aromatic N) is 2. The van der Waals surface area contributed by atoms with E-state index in [0.29, 0.717) is 13.0 Å². The molecule has 0 fully saturated rings. The minimum absolute atomic E-state index is 0.0440. The summed E-state index contributed by atoms with van der Waals surface area (Å²) in [6, 6.07) is 9.58. The molecular weight excluding hydrogens is 240 g/mol. The molecule has 0 bridgehead atoms. The fourth-order valence-corrected chi connectivity index (χ4v) is 2.05. The van der Waals surface area contributed by atoms with Gasteiger partial charge in [-0.1, -0.05) is 37.3 Å². The van der Waals surface area contributed by atoms with Crippen LogP contribution in [0.3, 0.4) is 0 Å². The number of aryl methyl sites for hydroxylation is 1. The van der Waals surface area contributed by atoms with Crippen molar-refractivity contribution >= 4 is 5.78 Å². The van der Waals surface area contributed by atoms with Crippen LogP contribution in [0.15, 0.2) is 47.5 Å². The quantitative estimate of drug-likeness (QED) is 0.794.